The summed E-state index contributed by atoms with van der Waals surface area (Å²) in [6.45, 7) is 1.60. The van der Waals surface area contributed by atoms with Crippen molar-refractivity contribution in [3.8, 4) is 5.75 Å². The molecule has 0 saturated heterocycles. The molecular weight excluding hydrogens is 310 g/mol. The maximum atomic E-state index is 11.5. The highest BCUT2D eigenvalue weighted by Gasteiger charge is 2.18. The average molecular weight is 329 g/mol. The van der Waals surface area contributed by atoms with Gasteiger partial charge in [0, 0.05) is 19.4 Å². The van der Waals surface area contributed by atoms with E-state index < -0.39 is 16.1 Å². The van der Waals surface area contributed by atoms with Crippen LogP contribution in [0.5, 0.6) is 5.75 Å². The summed E-state index contributed by atoms with van der Waals surface area (Å²) in [5.74, 6) is -0.847. The summed E-state index contributed by atoms with van der Waals surface area (Å²) < 4.78 is 31.8. The zero-order valence-corrected chi connectivity index (χ0v) is 13.5. The molecule has 1 aromatic carbocycles. The zero-order valence-electron chi connectivity index (χ0n) is 12.7. The van der Waals surface area contributed by atoms with Gasteiger partial charge in [-0.25, -0.2) is 0 Å². The lowest BCUT2D eigenvalue weighted by Crippen LogP contribution is -2.27. The number of carbonyl (C=O) groups is 2. The van der Waals surface area contributed by atoms with Crippen LogP contribution in [0.1, 0.15) is 24.8 Å². The molecule has 1 amide bonds. The predicted octanol–water partition coefficient (Wildman–Crippen LogP) is 0.808. The van der Waals surface area contributed by atoms with Gasteiger partial charge in [-0.05, 0) is 17.7 Å². The Hall–Kier alpha value is -2.09. The SMILES string of the molecule is COC(=O)CC(CNC(C)=O)c1cccc(OS(C)(=O)=O)c1. The Morgan fingerprint density at radius 1 is 1.32 bits per heavy atom. The molecule has 0 fully saturated rings. The molecule has 1 atom stereocenters. The summed E-state index contributed by atoms with van der Waals surface area (Å²) in [7, 11) is -2.36. The number of hydrogen-bond donors (Lipinski definition) is 1. The Bertz CT molecular complexity index is 640. The molecule has 1 rings (SSSR count). The van der Waals surface area contributed by atoms with Gasteiger partial charge >= 0.3 is 16.1 Å². The Kier molecular flexibility index (Phi) is 6.36. The number of nitrogens with one attached hydrogen (secondary N) is 1. The Balaban J connectivity index is 2.99. The third-order valence-electron chi connectivity index (χ3n) is 2.82. The molecule has 0 aliphatic rings. The highest BCUT2D eigenvalue weighted by atomic mass is 32.2. The second-order valence-electron chi connectivity index (χ2n) is 4.77. The van der Waals surface area contributed by atoms with Gasteiger partial charge in [0.1, 0.15) is 5.75 Å². The van der Waals surface area contributed by atoms with Crippen molar-refractivity contribution in [3.63, 3.8) is 0 Å². The van der Waals surface area contributed by atoms with Crippen LogP contribution in [0.3, 0.4) is 0 Å². The number of ether oxygens (including phenoxy) is 1. The summed E-state index contributed by atoms with van der Waals surface area (Å²) in [6.07, 6.45) is 1.00. The highest BCUT2D eigenvalue weighted by Crippen LogP contribution is 2.24. The largest absolute Gasteiger partial charge is 0.469 e. The van der Waals surface area contributed by atoms with E-state index in [1.54, 1.807) is 12.1 Å². The van der Waals surface area contributed by atoms with E-state index in [1.165, 1.54) is 26.2 Å². The van der Waals surface area contributed by atoms with Gasteiger partial charge in [-0.15, -0.1) is 0 Å². The molecule has 0 heterocycles. The highest BCUT2D eigenvalue weighted by molar-refractivity contribution is 7.86. The standard InChI is InChI=1S/C14H19NO6S/c1-10(16)15-9-12(8-14(17)20-2)11-5-4-6-13(7-11)21-22(3,18)19/h4-7,12H,8-9H2,1-3H3,(H,15,16). The Labute approximate surface area is 129 Å². The molecule has 0 bridgehead atoms. The summed E-state index contributed by atoms with van der Waals surface area (Å²) in [5, 5.41) is 2.64. The molecule has 0 spiro atoms. The topological polar surface area (TPSA) is 98.8 Å². The number of carbonyl (C=O) groups excluding carboxylic acids is 2. The second kappa shape index (κ2) is 7.79. The molecule has 0 aliphatic heterocycles. The predicted molar refractivity (Wildman–Crippen MR) is 80.0 cm³/mol. The van der Waals surface area contributed by atoms with Gasteiger partial charge in [0.2, 0.25) is 5.91 Å². The molecular formula is C14H19NO6S. The van der Waals surface area contributed by atoms with Crippen molar-refractivity contribution in [1.29, 1.82) is 0 Å². The van der Waals surface area contributed by atoms with Crippen LogP contribution in [-0.4, -0.2) is 40.2 Å². The molecule has 8 heteroatoms. The van der Waals surface area contributed by atoms with E-state index in [0.717, 1.165) is 6.26 Å². The van der Waals surface area contributed by atoms with Crippen LogP contribution >= 0.6 is 0 Å². The van der Waals surface area contributed by atoms with Gasteiger partial charge < -0.3 is 14.2 Å². The van der Waals surface area contributed by atoms with Crippen LogP contribution in [0.2, 0.25) is 0 Å². The van der Waals surface area contributed by atoms with Crippen molar-refractivity contribution in [2.75, 3.05) is 19.9 Å². The first kappa shape index (κ1) is 18.0. The molecule has 1 unspecified atom stereocenters. The van der Waals surface area contributed by atoms with Crippen molar-refractivity contribution in [1.82, 2.24) is 5.32 Å². The number of hydrogen-bond acceptors (Lipinski definition) is 6. The first-order chi connectivity index (χ1) is 10.2. The summed E-state index contributed by atoms with van der Waals surface area (Å²) in [4.78, 5) is 22.6. The van der Waals surface area contributed by atoms with E-state index >= 15 is 0 Å². The zero-order chi connectivity index (χ0) is 16.8. The van der Waals surface area contributed by atoms with E-state index in [4.69, 9.17) is 4.18 Å². The summed E-state index contributed by atoms with van der Waals surface area (Å²) in [5.41, 5.74) is 0.667. The van der Waals surface area contributed by atoms with E-state index in [1.807, 2.05) is 0 Å². The third-order valence-corrected chi connectivity index (χ3v) is 3.31. The molecule has 0 aromatic heterocycles. The van der Waals surface area contributed by atoms with Crippen molar-refractivity contribution in [2.45, 2.75) is 19.3 Å². The Morgan fingerprint density at radius 3 is 2.55 bits per heavy atom. The van der Waals surface area contributed by atoms with Crippen molar-refractivity contribution in [2.24, 2.45) is 0 Å². The lowest BCUT2D eigenvalue weighted by atomic mass is 9.95. The van der Waals surface area contributed by atoms with Crippen LogP contribution in [-0.2, 0) is 24.4 Å². The van der Waals surface area contributed by atoms with Crippen LogP contribution < -0.4 is 9.50 Å². The van der Waals surface area contributed by atoms with Crippen LogP contribution in [0.4, 0.5) is 0 Å². The first-order valence-electron chi connectivity index (χ1n) is 6.52. The number of esters is 1. The first-order valence-corrected chi connectivity index (χ1v) is 8.33. The minimum Gasteiger partial charge on any atom is -0.469 e. The minimum absolute atomic E-state index is 0.0547. The van der Waals surface area contributed by atoms with Gasteiger partial charge in [0.25, 0.3) is 0 Å². The van der Waals surface area contributed by atoms with Gasteiger partial charge in [-0.3, -0.25) is 9.59 Å². The summed E-state index contributed by atoms with van der Waals surface area (Å²) in [6, 6.07) is 6.37. The lowest BCUT2D eigenvalue weighted by molar-refractivity contribution is -0.141. The minimum atomic E-state index is -3.63. The molecule has 22 heavy (non-hydrogen) atoms. The van der Waals surface area contributed by atoms with E-state index in [-0.39, 0.29) is 30.5 Å². The molecule has 0 saturated carbocycles. The number of methoxy groups -OCH3 is 1. The monoisotopic (exact) mass is 329 g/mol. The molecule has 1 aromatic rings. The van der Waals surface area contributed by atoms with E-state index in [2.05, 4.69) is 10.1 Å². The number of amides is 1. The molecule has 7 nitrogen and oxygen atoms in total. The van der Waals surface area contributed by atoms with Gasteiger partial charge in [-0.2, -0.15) is 8.42 Å². The van der Waals surface area contributed by atoms with E-state index in [0.29, 0.717) is 5.56 Å². The van der Waals surface area contributed by atoms with Crippen LogP contribution in [0.25, 0.3) is 0 Å². The normalized spacial score (nSPS) is 12.3. The maximum absolute atomic E-state index is 11.5. The smallest absolute Gasteiger partial charge is 0.306 e. The van der Waals surface area contributed by atoms with Gasteiger partial charge in [-0.1, -0.05) is 12.1 Å². The average Bonchev–Trinajstić information content (AvgIpc) is 2.41. The fourth-order valence-corrected chi connectivity index (χ4v) is 2.31. The lowest BCUT2D eigenvalue weighted by Gasteiger charge is -2.17. The van der Waals surface area contributed by atoms with Crippen molar-refractivity contribution in [3.05, 3.63) is 29.8 Å². The molecule has 1 N–H and O–H groups in total. The Morgan fingerprint density at radius 2 is 2.00 bits per heavy atom. The fourth-order valence-electron chi connectivity index (χ4n) is 1.85. The van der Waals surface area contributed by atoms with Gasteiger partial charge in [0.05, 0.1) is 19.8 Å². The maximum Gasteiger partial charge on any atom is 0.306 e. The summed E-state index contributed by atoms with van der Waals surface area (Å²) >= 11 is 0. The molecule has 0 radical (unpaired) electrons. The van der Waals surface area contributed by atoms with Crippen molar-refractivity contribution < 1.29 is 26.9 Å². The van der Waals surface area contributed by atoms with Crippen LogP contribution in [0.15, 0.2) is 24.3 Å². The fraction of sp³-hybridized carbons (Fsp3) is 0.429. The number of benzene rings is 1. The molecule has 0 aliphatic carbocycles. The third kappa shape index (κ3) is 6.57. The quantitative estimate of drug-likeness (QED) is 0.587. The second-order valence-corrected chi connectivity index (χ2v) is 6.35. The van der Waals surface area contributed by atoms with E-state index in [9.17, 15) is 18.0 Å². The van der Waals surface area contributed by atoms with Gasteiger partial charge in [0.15, 0.2) is 0 Å². The van der Waals surface area contributed by atoms with Crippen molar-refractivity contribution >= 4 is 22.0 Å². The number of rotatable bonds is 7. The van der Waals surface area contributed by atoms with Crippen LogP contribution in [0, 0.1) is 0 Å². The molecule has 122 valence electrons.